The Labute approximate surface area is 123 Å². The first-order valence-corrected chi connectivity index (χ1v) is 6.61. The second kappa shape index (κ2) is 6.11. The number of oxime groups is 1. The number of nitrogens with zero attached hydrogens (tertiary/aromatic N) is 1. The molecule has 104 valence electrons. The van der Waals surface area contributed by atoms with E-state index in [2.05, 4.69) is 5.16 Å². The number of benzene rings is 2. The summed E-state index contributed by atoms with van der Waals surface area (Å²) in [6.07, 6.45) is 0. The second-order valence-electron chi connectivity index (χ2n) is 3.80. The fourth-order valence-corrected chi connectivity index (χ4v) is 2.77. The van der Waals surface area contributed by atoms with E-state index in [1.54, 1.807) is 18.2 Å². The van der Waals surface area contributed by atoms with Gasteiger partial charge in [0.1, 0.15) is 0 Å². The van der Waals surface area contributed by atoms with E-state index in [4.69, 9.17) is 22.5 Å². The maximum atomic E-state index is 13.2. The second-order valence-corrected chi connectivity index (χ2v) is 5.36. The molecule has 2 rings (SSSR count). The van der Waals surface area contributed by atoms with Crippen molar-refractivity contribution in [3.8, 4) is 0 Å². The standard InChI is InChI=1S/C13H9ClF2N2OS/c14-7-1-3-9(13(17)18-19)12(5-7)20-8-2-4-10(15)11(16)6-8/h1-6,19H,(H2,17,18). The van der Waals surface area contributed by atoms with Gasteiger partial charge in [-0.2, -0.15) is 0 Å². The Morgan fingerprint density at radius 1 is 1.15 bits per heavy atom. The molecule has 0 aromatic heterocycles. The van der Waals surface area contributed by atoms with Crippen LogP contribution in [0.4, 0.5) is 8.78 Å². The Morgan fingerprint density at radius 3 is 2.55 bits per heavy atom. The summed E-state index contributed by atoms with van der Waals surface area (Å²) in [5, 5.41) is 12.1. The maximum absolute atomic E-state index is 13.2. The van der Waals surface area contributed by atoms with Gasteiger partial charge in [0.15, 0.2) is 17.5 Å². The number of hydrogen-bond donors (Lipinski definition) is 2. The molecule has 0 saturated heterocycles. The molecule has 0 amide bonds. The lowest BCUT2D eigenvalue weighted by molar-refractivity contribution is 0.318. The first-order chi connectivity index (χ1) is 9.51. The van der Waals surface area contributed by atoms with Crippen molar-refractivity contribution in [1.29, 1.82) is 0 Å². The molecular formula is C13H9ClF2N2OS. The highest BCUT2D eigenvalue weighted by atomic mass is 35.5. The van der Waals surface area contributed by atoms with E-state index in [0.717, 1.165) is 23.9 Å². The SMILES string of the molecule is NC(=NO)c1ccc(Cl)cc1Sc1ccc(F)c(F)c1. The summed E-state index contributed by atoms with van der Waals surface area (Å²) in [7, 11) is 0. The quantitative estimate of drug-likeness (QED) is 0.391. The molecule has 0 bridgehead atoms. The van der Waals surface area contributed by atoms with Crippen LogP contribution < -0.4 is 5.73 Å². The van der Waals surface area contributed by atoms with Crippen molar-refractivity contribution in [1.82, 2.24) is 0 Å². The minimum Gasteiger partial charge on any atom is -0.409 e. The zero-order chi connectivity index (χ0) is 14.7. The Bertz CT molecular complexity index is 679. The first kappa shape index (κ1) is 14.6. The monoisotopic (exact) mass is 314 g/mol. The molecule has 0 unspecified atom stereocenters. The third-order valence-electron chi connectivity index (χ3n) is 2.45. The molecule has 2 aromatic rings. The van der Waals surface area contributed by atoms with Crippen LogP contribution in [0.3, 0.4) is 0 Å². The van der Waals surface area contributed by atoms with Gasteiger partial charge in [-0.3, -0.25) is 0 Å². The maximum Gasteiger partial charge on any atom is 0.171 e. The third kappa shape index (κ3) is 3.20. The number of nitrogens with two attached hydrogens (primary N) is 1. The number of rotatable bonds is 3. The van der Waals surface area contributed by atoms with Gasteiger partial charge in [-0.05, 0) is 36.4 Å². The molecule has 0 saturated carbocycles. The lowest BCUT2D eigenvalue weighted by Gasteiger charge is -2.08. The predicted molar refractivity (Wildman–Crippen MR) is 74.4 cm³/mol. The molecule has 0 aliphatic carbocycles. The van der Waals surface area contributed by atoms with E-state index in [-0.39, 0.29) is 5.84 Å². The lowest BCUT2D eigenvalue weighted by Crippen LogP contribution is -2.14. The molecular weight excluding hydrogens is 306 g/mol. The van der Waals surface area contributed by atoms with Crippen molar-refractivity contribution in [3.05, 3.63) is 58.6 Å². The molecule has 2 aromatic carbocycles. The number of amidine groups is 1. The topological polar surface area (TPSA) is 58.6 Å². The summed E-state index contributed by atoms with van der Waals surface area (Å²) < 4.78 is 26.1. The summed E-state index contributed by atoms with van der Waals surface area (Å²) in [6, 6.07) is 8.30. The first-order valence-electron chi connectivity index (χ1n) is 5.41. The van der Waals surface area contributed by atoms with Gasteiger partial charge in [0, 0.05) is 20.4 Å². The number of halogens is 3. The van der Waals surface area contributed by atoms with Gasteiger partial charge in [0.05, 0.1) is 0 Å². The van der Waals surface area contributed by atoms with Crippen LogP contribution >= 0.6 is 23.4 Å². The van der Waals surface area contributed by atoms with Crippen molar-refractivity contribution in [2.24, 2.45) is 10.9 Å². The van der Waals surface area contributed by atoms with Gasteiger partial charge in [0.25, 0.3) is 0 Å². The van der Waals surface area contributed by atoms with Gasteiger partial charge in [-0.1, -0.05) is 28.5 Å². The van der Waals surface area contributed by atoms with Crippen LogP contribution in [0.2, 0.25) is 5.02 Å². The van der Waals surface area contributed by atoms with Crippen molar-refractivity contribution in [2.75, 3.05) is 0 Å². The van der Waals surface area contributed by atoms with E-state index >= 15 is 0 Å². The van der Waals surface area contributed by atoms with Crippen LogP contribution in [0, 0.1) is 11.6 Å². The zero-order valence-electron chi connectivity index (χ0n) is 9.98. The van der Waals surface area contributed by atoms with Crippen LogP contribution in [0.1, 0.15) is 5.56 Å². The van der Waals surface area contributed by atoms with Crippen LogP contribution in [-0.2, 0) is 0 Å². The third-order valence-corrected chi connectivity index (χ3v) is 3.73. The van der Waals surface area contributed by atoms with Crippen LogP contribution in [0.15, 0.2) is 51.3 Å². The van der Waals surface area contributed by atoms with E-state index in [0.29, 0.717) is 20.4 Å². The summed E-state index contributed by atoms with van der Waals surface area (Å²) in [5.41, 5.74) is 6.01. The minimum absolute atomic E-state index is 0.0910. The summed E-state index contributed by atoms with van der Waals surface area (Å²) >= 11 is 7.03. The zero-order valence-corrected chi connectivity index (χ0v) is 11.6. The number of hydrogen-bond acceptors (Lipinski definition) is 3. The van der Waals surface area contributed by atoms with Crippen LogP contribution in [0.25, 0.3) is 0 Å². The normalized spacial score (nSPS) is 11.7. The minimum atomic E-state index is -0.942. The van der Waals surface area contributed by atoms with Crippen molar-refractivity contribution in [3.63, 3.8) is 0 Å². The van der Waals surface area contributed by atoms with E-state index in [1.807, 2.05) is 0 Å². The summed E-state index contributed by atoms with van der Waals surface area (Å²) in [4.78, 5) is 1.04. The van der Waals surface area contributed by atoms with Gasteiger partial charge >= 0.3 is 0 Å². The Morgan fingerprint density at radius 2 is 1.90 bits per heavy atom. The Hall–Kier alpha value is -1.79. The van der Waals surface area contributed by atoms with Crippen LogP contribution in [0.5, 0.6) is 0 Å². The fourth-order valence-electron chi connectivity index (χ4n) is 1.51. The molecule has 0 aliphatic heterocycles. The molecule has 0 heterocycles. The average molecular weight is 315 g/mol. The largest absolute Gasteiger partial charge is 0.409 e. The van der Waals surface area contributed by atoms with Crippen molar-refractivity contribution < 1.29 is 14.0 Å². The molecule has 0 fully saturated rings. The molecule has 7 heteroatoms. The average Bonchev–Trinajstić information content (AvgIpc) is 2.42. The van der Waals surface area contributed by atoms with Gasteiger partial charge in [0.2, 0.25) is 0 Å². The molecule has 3 nitrogen and oxygen atoms in total. The molecule has 0 aliphatic rings. The summed E-state index contributed by atoms with van der Waals surface area (Å²) in [5.74, 6) is -1.95. The van der Waals surface area contributed by atoms with E-state index < -0.39 is 11.6 Å². The van der Waals surface area contributed by atoms with E-state index in [1.165, 1.54) is 6.07 Å². The molecule has 0 atom stereocenters. The smallest absolute Gasteiger partial charge is 0.171 e. The highest BCUT2D eigenvalue weighted by molar-refractivity contribution is 7.99. The van der Waals surface area contributed by atoms with Gasteiger partial charge in [-0.25, -0.2) is 8.78 Å². The van der Waals surface area contributed by atoms with Gasteiger partial charge < -0.3 is 10.9 Å². The fraction of sp³-hybridized carbons (Fsp3) is 0. The van der Waals surface area contributed by atoms with Crippen molar-refractivity contribution in [2.45, 2.75) is 9.79 Å². The molecule has 20 heavy (non-hydrogen) atoms. The Balaban J connectivity index is 2.41. The van der Waals surface area contributed by atoms with Crippen molar-refractivity contribution >= 4 is 29.2 Å². The molecule has 0 spiro atoms. The van der Waals surface area contributed by atoms with E-state index in [9.17, 15) is 8.78 Å². The predicted octanol–water partition coefficient (Wildman–Crippen LogP) is 3.86. The highest BCUT2D eigenvalue weighted by Gasteiger charge is 2.11. The summed E-state index contributed by atoms with van der Waals surface area (Å²) in [6.45, 7) is 0. The lowest BCUT2D eigenvalue weighted by atomic mass is 10.2. The van der Waals surface area contributed by atoms with Crippen LogP contribution in [-0.4, -0.2) is 11.0 Å². The Kier molecular flexibility index (Phi) is 4.46. The van der Waals surface area contributed by atoms with Gasteiger partial charge in [-0.15, -0.1) is 0 Å². The molecule has 3 N–H and O–H groups in total. The molecule has 0 radical (unpaired) electrons. The highest BCUT2D eigenvalue weighted by Crippen LogP contribution is 2.33.